The largest absolute Gasteiger partial charge is 0.319 e. The first-order chi connectivity index (χ1) is 9.51. The number of aromatic nitrogens is 3. The number of halogens is 1. The molecule has 104 valence electrons. The van der Waals surface area contributed by atoms with E-state index in [1.807, 2.05) is 6.92 Å². The van der Waals surface area contributed by atoms with Crippen LogP contribution in [0.25, 0.3) is 0 Å². The zero-order valence-electron chi connectivity index (χ0n) is 10.4. The lowest BCUT2D eigenvalue weighted by Crippen LogP contribution is -2.14. The van der Waals surface area contributed by atoms with Gasteiger partial charge in [-0.25, -0.2) is 4.98 Å². The summed E-state index contributed by atoms with van der Waals surface area (Å²) in [4.78, 5) is 25.9. The number of carbonyl (C=O) groups is 1. The van der Waals surface area contributed by atoms with Gasteiger partial charge in [-0.15, -0.1) is 5.10 Å². The van der Waals surface area contributed by atoms with Crippen LogP contribution >= 0.6 is 11.6 Å². The van der Waals surface area contributed by atoms with E-state index in [-0.39, 0.29) is 22.2 Å². The van der Waals surface area contributed by atoms with Crippen molar-refractivity contribution in [3.63, 3.8) is 0 Å². The van der Waals surface area contributed by atoms with E-state index in [2.05, 4.69) is 20.5 Å². The normalized spacial score (nSPS) is 10.3. The van der Waals surface area contributed by atoms with E-state index < -0.39 is 10.8 Å². The number of nitro benzene ring substituents is 1. The molecule has 0 unspecified atom stereocenters. The number of rotatable bonds is 4. The Balaban J connectivity index is 2.19. The highest BCUT2D eigenvalue weighted by Crippen LogP contribution is 2.27. The molecule has 1 aromatic heterocycles. The number of hydrogen-bond donors (Lipinski definition) is 2. The minimum Gasteiger partial charge on any atom is -0.319 e. The van der Waals surface area contributed by atoms with Crippen LogP contribution in [0.15, 0.2) is 18.2 Å². The SMILES string of the molecule is CCc1nc(C(=O)Nc2ccc(Cl)c([N+](=O)[O-])c2)n[nH]1. The molecule has 0 saturated heterocycles. The Morgan fingerprint density at radius 3 is 2.90 bits per heavy atom. The van der Waals surface area contributed by atoms with Crippen molar-refractivity contribution in [1.82, 2.24) is 15.2 Å². The van der Waals surface area contributed by atoms with Crippen molar-refractivity contribution in [1.29, 1.82) is 0 Å². The number of aryl methyl sites for hydroxylation is 1. The van der Waals surface area contributed by atoms with E-state index in [4.69, 9.17) is 11.6 Å². The molecule has 2 aromatic rings. The molecule has 0 aliphatic heterocycles. The molecule has 1 heterocycles. The fraction of sp³-hybridized carbons (Fsp3) is 0.182. The molecule has 0 bridgehead atoms. The molecule has 1 amide bonds. The van der Waals surface area contributed by atoms with Crippen LogP contribution in [0.4, 0.5) is 11.4 Å². The van der Waals surface area contributed by atoms with Crippen molar-refractivity contribution in [3.05, 3.63) is 45.0 Å². The zero-order chi connectivity index (χ0) is 14.7. The maximum absolute atomic E-state index is 11.9. The Labute approximate surface area is 118 Å². The number of amides is 1. The fourth-order valence-corrected chi connectivity index (χ4v) is 1.66. The lowest BCUT2D eigenvalue weighted by molar-refractivity contribution is -0.384. The summed E-state index contributed by atoms with van der Waals surface area (Å²) in [6.45, 7) is 1.87. The van der Waals surface area contributed by atoms with Crippen molar-refractivity contribution < 1.29 is 9.72 Å². The molecule has 0 radical (unpaired) electrons. The Bertz CT molecular complexity index is 670. The molecular formula is C11H10ClN5O3. The van der Waals surface area contributed by atoms with Crippen LogP contribution in [0, 0.1) is 10.1 Å². The molecule has 9 heteroatoms. The Hall–Kier alpha value is -2.48. The maximum atomic E-state index is 11.9. The Morgan fingerprint density at radius 2 is 2.30 bits per heavy atom. The molecule has 0 fully saturated rings. The molecule has 20 heavy (non-hydrogen) atoms. The van der Waals surface area contributed by atoms with Crippen LogP contribution in [-0.2, 0) is 6.42 Å². The number of nitrogens with zero attached hydrogens (tertiary/aromatic N) is 3. The van der Waals surface area contributed by atoms with Gasteiger partial charge in [0.1, 0.15) is 10.8 Å². The van der Waals surface area contributed by atoms with Gasteiger partial charge in [-0.3, -0.25) is 20.0 Å². The van der Waals surface area contributed by atoms with Gasteiger partial charge in [0.25, 0.3) is 11.6 Å². The number of anilines is 1. The molecule has 0 spiro atoms. The Morgan fingerprint density at radius 1 is 1.55 bits per heavy atom. The monoisotopic (exact) mass is 295 g/mol. The topological polar surface area (TPSA) is 114 Å². The highest BCUT2D eigenvalue weighted by molar-refractivity contribution is 6.32. The highest BCUT2D eigenvalue weighted by atomic mass is 35.5. The van der Waals surface area contributed by atoms with Gasteiger partial charge in [-0.1, -0.05) is 18.5 Å². The summed E-state index contributed by atoms with van der Waals surface area (Å²) in [5, 5.41) is 19.6. The number of carbonyl (C=O) groups excluding carboxylic acids is 1. The van der Waals surface area contributed by atoms with Crippen molar-refractivity contribution in [2.45, 2.75) is 13.3 Å². The van der Waals surface area contributed by atoms with Gasteiger partial charge in [-0.05, 0) is 12.1 Å². The first-order valence-corrected chi connectivity index (χ1v) is 6.05. The molecule has 2 N–H and O–H groups in total. The summed E-state index contributed by atoms with van der Waals surface area (Å²) in [5.41, 5.74) is -0.0392. The molecule has 2 rings (SSSR count). The van der Waals surface area contributed by atoms with E-state index in [1.165, 1.54) is 18.2 Å². The predicted molar refractivity (Wildman–Crippen MR) is 71.8 cm³/mol. The van der Waals surface area contributed by atoms with Crippen LogP contribution in [0.2, 0.25) is 5.02 Å². The quantitative estimate of drug-likeness (QED) is 0.663. The molecule has 0 atom stereocenters. The molecule has 8 nitrogen and oxygen atoms in total. The third-order valence-electron chi connectivity index (χ3n) is 2.47. The minimum absolute atomic E-state index is 0.000775. The lowest BCUT2D eigenvalue weighted by Gasteiger charge is -2.03. The summed E-state index contributed by atoms with van der Waals surface area (Å²) in [6.07, 6.45) is 0.618. The van der Waals surface area contributed by atoms with E-state index in [0.717, 1.165) is 0 Å². The van der Waals surface area contributed by atoms with Crippen LogP contribution < -0.4 is 5.32 Å². The average molecular weight is 296 g/mol. The summed E-state index contributed by atoms with van der Waals surface area (Å²) >= 11 is 5.68. The molecule has 1 aromatic carbocycles. The summed E-state index contributed by atoms with van der Waals surface area (Å²) in [5.74, 6) is -0.00531. The number of nitrogens with one attached hydrogen (secondary N) is 2. The van der Waals surface area contributed by atoms with E-state index in [0.29, 0.717) is 12.2 Å². The van der Waals surface area contributed by atoms with Gasteiger partial charge < -0.3 is 5.32 Å². The smallest absolute Gasteiger partial charge is 0.295 e. The second kappa shape index (κ2) is 5.66. The van der Waals surface area contributed by atoms with E-state index in [1.54, 1.807) is 0 Å². The first-order valence-electron chi connectivity index (χ1n) is 5.67. The number of nitro groups is 1. The lowest BCUT2D eigenvalue weighted by atomic mass is 10.2. The second-order valence-electron chi connectivity index (χ2n) is 3.84. The van der Waals surface area contributed by atoms with Crippen LogP contribution in [0.5, 0.6) is 0 Å². The van der Waals surface area contributed by atoms with Gasteiger partial charge in [-0.2, -0.15) is 0 Å². The fourth-order valence-electron chi connectivity index (χ4n) is 1.47. The Kier molecular flexibility index (Phi) is 3.94. The average Bonchev–Trinajstić information content (AvgIpc) is 2.89. The van der Waals surface area contributed by atoms with Gasteiger partial charge in [0.2, 0.25) is 5.82 Å². The number of benzene rings is 1. The third-order valence-corrected chi connectivity index (χ3v) is 2.79. The molecule has 0 saturated carbocycles. The highest BCUT2D eigenvalue weighted by Gasteiger charge is 2.16. The van der Waals surface area contributed by atoms with Gasteiger partial charge in [0.15, 0.2) is 0 Å². The predicted octanol–water partition coefficient (Wildman–Crippen LogP) is 2.18. The van der Waals surface area contributed by atoms with Gasteiger partial charge in [0, 0.05) is 18.2 Å². The third kappa shape index (κ3) is 2.91. The molecule has 0 aliphatic carbocycles. The minimum atomic E-state index is -0.625. The summed E-state index contributed by atoms with van der Waals surface area (Å²) in [6, 6.07) is 3.97. The standard InChI is InChI=1S/C11H10ClN5O3/c1-2-9-14-10(16-15-9)11(18)13-6-3-4-7(12)8(5-6)17(19)20/h3-5H,2H2,1H3,(H,13,18)(H,14,15,16). The number of hydrogen-bond acceptors (Lipinski definition) is 5. The number of H-pyrrole nitrogens is 1. The van der Waals surface area contributed by atoms with E-state index in [9.17, 15) is 14.9 Å². The zero-order valence-corrected chi connectivity index (χ0v) is 11.1. The van der Waals surface area contributed by atoms with Crippen LogP contribution in [-0.4, -0.2) is 26.0 Å². The van der Waals surface area contributed by atoms with Crippen molar-refractivity contribution in [2.75, 3.05) is 5.32 Å². The second-order valence-corrected chi connectivity index (χ2v) is 4.24. The van der Waals surface area contributed by atoms with E-state index >= 15 is 0 Å². The van der Waals surface area contributed by atoms with Crippen molar-refractivity contribution in [3.8, 4) is 0 Å². The maximum Gasteiger partial charge on any atom is 0.295 e. The molecule has 0 aliphatic rings. The van der Waals surface area contributed by atoms with Crippen molar-refractivity contribution >= 4 is 28.9 Å². The van der Waals surface area contributed by atoms with Crippen LogP contribution in [0.1, 0.15) is 23.4 Å². The van der Waals surface area contributed by atoms with Crippen molar-refractivity contribution in [2.24, 2.45) is 0 Å². The summed E-state index contributed by atoms with van der Waals surface area (Å²) < 4.78 is 0. The van der Waals surface area contributed by atoms with Gasteiger partial charge in [0.05, 0.1) is 4.92 Å². The van der Waals surface area contributed by atoms with Gasteiger partial charge >= 0.3 is 0 Å². The first kappa shape index (κ1) is 13.9. The number of aromatic amines is 1. The molecular weight excluding hydrogens is 286 g/mol. The summed E-state index contributed by atoms with van der Waals surface area (Å²) in [7, 11) is 0. The van der Waals surface area contributed by atoms with Crippen LogP contribution in [0.3, 0.4) is 0 Å².